The van der Waals surface area contributed by atoms with E-state index < -0.39 is 0 Å². The number of rotatable bonds is 5. The van der Waals surface area contributed by atoms with Crippen molar-refractivity contribution in [2.45, 2.75) is 24.3 Å². The number of benzene rings is 2. The van der Waals surface area contributed by atoms with Crippen LogP contribution < -0.4 is 0 Å². The first kappa shape index (κ1) is 17.5. The number of nitrogens with zero attached hydrogens (tertiary/aromatic N) is 4. The predicted octanol–water partition coefficient (Wildman–Crippen LogP) is 5.49. The summed E-state index contributed by atoms with van der Waals surface area (Å²) in [5.41, 5.74) is 4.55. The lowest BCUT2D eigenvalue weighted by molar-refractivity contribution is 0.873. The van der Waals surface area contributed by atoms with Gasteiger partial charge in [-0.15, -0.1) is 10.2 Å². The third-order valence-corrected chi connectivity index (χ3v) is 5.58. The lowest BCUT2D eigenvalue weighted by Gasteiger charge is -2.15. The molecular weight excluding hydrogens is 352 g/mol. The van der Waals surface area contributed by atoms with Crippen molar-refractivity contribution < 1.29 is 0 Å². The molecule has 4 nitrogen and oxygen atoms in total. The molecule has 134 valence electrons. The minimum absolute atomic E-state index is 0.267. The molecule has 2 aromatic carbocycles. The molecule has 0 saturated carbocycles. The highest BCUT2D eigenvalue weighted by Gasteiger charge is 2.19. The summed E-state index contributed by atoms with van der Waals surface area (Å²) >= 11 is 1.72. The molecule has 1 unspecified atom stereocenters. The molecule has 0 aliphatic carbocycles. The van der Waals surface area contributed by atoms with Gasteiger partial charge in [0.05, 0.1) is 5.69 Å². The van der Waals surface area contributed by atoms with E-state index in [4.69, 9.17) is 0 Å². The van der Waals surface area contributed by atoms with Crippen LogP contribution in [-0.2, 0) is 0 Å². The first-order valence-electron chi connectivity index (χ1n) is 8.87. The molecule has 0 fully saturated rings. The van der Waals surface area contributed by atoms with Gasteiger partial charge in [-0.2, -0.15) is 0 Å². The lowest BCUT2D eigenvalue weighted by Crippen LogP contribution is -2.02. The summed E-state index contributed by atoms with van der Waals surface area (Å²) in [5, 5.41) is 10.2. The molecule has 0 aliphatic heterocycles. The second-order valence-corrected chi connectivity index (χ2v) is 7.64. The third kappa shape index (κ3) is 3.64. The van der Waals surface area contributed by atoms with Gasteiger partial charge >= 0.3 is 0 Å². The Balaban J connectivity index is 1.81. The second-order valence-electron chi connectivity index (χ2n) is 6.33. The zero-order valence-electron chi connectivity index (χ0n) is 15.3. The minimum Gasteiger partial charge on any atom is -0.270 e. The maximum atomic E-state index is 4.53. The van der Waals surface area contributed by atoms with Gasteiger partial charge < -0.3 is 0 Å². The van der Waals surface area contributed by atoms with E-state index in [0.29, 0.717) is 0 Å². The maximum Gasteiger partial charge on any atom is 0.196 e. The van der Waals surface area contributed by atoms with Gasteiger partial charge in [-0.05, 0) is 43.2 Å². The van der Waals surface area contributed by atoms with Gasteiger partial charge in [-0.1, -0.05) is 60.3 Å². The number of aromatic nitrogens is 4. The number of para-hydroxylation sites is 1. The van der Waals surface area contributed by atoms with Crippen LogP contribution >= 0.6 is 11.8 Å². The summed E-state index contributed by atoms with van der Waals surface area (Å²) in [5.74, 6) is 0.828. The van der Waals surface area contributed by atoms with Gasteiger partial charge in [0, 0.05) is 23.2 Å². The smallest absolute Gasteiger partial charge is 0.196 e. The van der Waals surface area contributed by atoms with Crippen LogP contribution in [0.15, 0.2) is 84.3 Å². The molecule has 0 bridgehead atoms. The van der Waals surface area contributed by atoms with Crippen molar-refractivity contribution in [1.82, 2.24) is 19.7 Å². The van der Waals surface area contributed by atoms with E-state index in [1.54, 1.807) is 24.2 Å². The summed E-state index contributed by atoms with van der Waals surface area (Å²) < 4.78 is 2.15. The number of hydrogen-bond acceptors (Lipinski definition) is 4. The van der Waals surface area contributed by atoms with E-state index in [-0.39, 0.29) is 5.25 Å². The van der Waals surface area contributed by atoms with Crippen molar-refractivity contribution in [2.24, 2.45) is 0 Å². The zero-order valence-corrected chi connectivity index (χ0v) is 16.1. The Hall–Kier alpha value is -2.92. The zero-order chi connectivity index (χ0) is 18.6. The molecule has 0 radical (unpaired) electrons. The van der Waals surface area contributed by atoms with Crippen molar-refractivity contribution in [3.63, 3.8) is 0 Å². The molecule has 2 heterocycles. The van der Waals surface area contributed by atoms with Gasteiger partial charge in [-0.3, -0.25) is 9.55 Å². The Morgan fingerprint density at radius 1 is 0.852 bits per heavy atom. The van der Waals surface area contributed by atoms with Crippen LogP contribution in [0.2, 0.25) is 0 Å². The average molecular weight is 372 g/mol. The summed E-state index contributed by atoms with van der Waals surface area (Å²) in [6, 6.07) is 22.7. The molecule has 4 aromatic rings. The fourth-order valence-electron chi connectivity index (χ4n) is 3.02. The molecule has 1 atom stereocenters. The SMILES string of the molecule is Cc1ccccc1-n1c(SC(C)c2ccccc2)nnc1-c1ccncc1. The van der Waals surface area contributed by atoms with Gasteiger partial charge in [0.1, 0.15) is 0 Å². The first-order valence-corrected chi connectivity index (χ1v) is 9.75. The Morgan fingerprint density at radius 3 is 2.30 bits per heavy atom. The monoisotopic (exact) mass is 372 g/mol. The quantitative estimate of drug-likeness (QED) is 0.434. The van der Waals surface area contributed by atoms with Crippen LogP contribution in [0.3, 0.4) is 0 Å². The molecule has 0 amide bonds. The van der Waals surface area contributed by atoms with Crippen LogP contribution in [0.5, 0.6) is 0 Å². The van der Waals surface area contributed by atoms with Crippen LogP contribution in [0.4, 0.5) is 0 Å². The van der Waals surface area contributed by atoms with Crippen molar-refractivity contribution in [3.05, 3.63) is 90.3 Å². The van der Waals surface area contributed by atoms with Crippen LogP contribution in [0.1, 0.15) is 23.3 Å². The Morgan fingerprint density at radius 2 is 1.56 bits per heavy atom. The second kappa shape index (κ2) is 7.76. The average Bonchev–Trinajstić information content (AvgIpc) is 3.13. The molecule has 0 aliphatic rings. The molecular formula is C22H20N4S. The van der Waals surface area contributed by atoms with E-state index in [2.05, 4.69) is 76.1 Å². The van der Waals surface area contributed by atoms with E-state index in [9.17, 15) is 0 Å². The third-order valence-electron chi connectivity index (χ3n) is 4.48. The van der Waals surface area contributed by atoms with E-state index in [1.165, 1.54) is 11.1 Å². The van der Waals surface area contributed by atoms with Crippen molar-refractivity contribution in [3.8, 4) is 17.1 Å². The summed E-state index contributed by atoms with van der Waals surface area (Å²) in [6.07, 6.45) is 3.57. The molecule has 27 heavy (non-hydrogen) atoms. The number of thioether (sulfide) groups is 1. The standard InChI is InChI=1S/C22H20N4S/c1-16-8-6-7-11-20(16)26-21(19-12-14-23-15-13-19)24-25-22(26)27-17(2)18-9-4-3-5-10-18/h3-15,17H,1-2H3. The van der Waals surface area contributed by atoms with Gasteiger partial charge in [0.25, 0.3) is 0 Å². The van der Waals surface area contributed by atoms with Gasteiger partial charge in [0.15, 0.2) is 11.0 Å². The lowest BCUT2D eigenvalue weighted by atomic mass is 10.2. The van der Waals surface area contributed by atoms with Gasteiger partial charge in [-0.25, -0.2) is 0 Å². The van der Waals surface area contributed by atoms with Crippen molar-refractivity contribution in [2.75, 3.05) is 0 Å². The normalized spacial score (nSPS) is 12.1. The number of pyridine rings is 1. The highest BCUT2D eigenvalue weighted by Crippen LogP contribution is 2.37. The molecule has 4 rings (SSSR count). The van der Waals surface area contributed by atoms with Crippen LogP contribution in [0, 0.1) is 6.92 Å². The number of hydrogen-bond donors (Lipinski definition) is 0. The minimum atomic E-state index is 0.267. The van der Waals surface area contributed by atoms with Crippen LogP contribution in [-0.4, -0.2) is 19.7 Å². The van der Waals surface area contributed by atoms with Gasteiger partial charge in [0.2, 0.25) is 0 Å². The topological polar surface area (TPSA) is 43.6 Å². The van der Waals surface area contributed by atoms with E-state index >= 15 is 0 Å². The Kier molecular flexibility index (Phi) is 5.03. The summed E-state index contributed by atoms with van der Waals surface area (Å²) in [7, 11) is 0. The largest absolute Gasteiger partial charge is 0.270 e. The highest BCUT2D eigenvalue weighted by molar-refractivity contribution is 7.99. The molecule has 2 aromatic heterocycles. The Labute approximate surface area is 163 Å². The van der Waals surface area contributed by atoms with Crippen molar-refractivity contribution >= 4 is 11.8 Å². The molecule has 5 heteroatoms. The summed E-state index contributed by atoms with van der Waals surface area (Å²) in [6.45, 7) is 4.31. The molecule has 0 spiro atoms. The number of aryl methyl sites for hydroxylation is 1. The van der Waals surface area contributed by atoms with E-state index in [0.717, 1.165) is 22.2 Å². The van der Waals surface area contributed by atoms with E-state index in [1.807, 2.05) is 24.3 Å². The fraction of sp³-hybridized carbons (Fsp3) is 0.136. The predicted molar refractivity (Wildman–Crippen MR) is 110 cm³/mol. The first-order chi connectivity index (χ1) is 13.2. The molecule has 0 N–H and O–H groups in total. The fourth-order valence-corrected chi connectivity index (χ4v) is 4.00. The Bertz CT molecular complexity index is 1030. The summed E-state index contributed by atoms with van der Waals surface area (Å²) in [4.78, 5) is 4.12. The van der Waals surface area contributed by atoms with Crippen LogP contribution in [0.25, 0.3) is 17.1 Å². The highest BCUT2D eigenvalue weighted by atomic mass is 32.2. The maximum absolute atomic E-state index is 4.53. The van der Waals surface area contributed by atoms with Crippen molar-refractivity contribution in [1.29, 1.82) is 0 Å². The molecule has 0 saturated heterocycles.